The number of aromatic amines is 1. The molecule has 25 heavy (non-hydrogen) atoms. The molecule has 4 rings (SSSR count). The standard InChI is InChI=1S/C18H20ClN5O/c1-23(12-7-3-2-4-8-12)15-11-20-24(17(25)16(15)19)18-21-13-9-5-6-10-14(13)22-18/h5-6,9-12H,2-4,7-8H2,1H3,(H,21,22). The highest BCUT2D eigenvalue weighted by molar-refractivity contribution is 6.33. The van der Waals surface area contributed by atoms with Gasteiger partial charge in [0.2, 0.25) is 5.95 Å². The number of benzene rings is 1. The first-order valence-electron chi connectivity index (χ1n) is 8.61. The van der Waals surface area contributed by atoms with Crippen LogP contribution in [0.2, 0.25) is 5.02 Å². The van der Waals surface area contributed by atoms with Crippen molar-refractivity contribution in [2.24, 2.45) is 0 Å². The minimum absolute atomic E-state index is 0.184. The first-order valence-corrected chi connectivity index (χ1v) is 8.99. The molecule has 1 N–H and O–H groups in total. The van der Waals surface area contributed by atoms with Gasteiger partial charge in [0, 0.05) is 13.1 Å². The van der Waals surface area contributed by atoms with E-state index in [9.17, 15) is 4.79 Å². The van der Waals surface area contributed by atoms with Crippen LogP contribution < -0.4 is 10.5 Å². The summed E-state index contributed by atoms with van der Waals surface area (Å²) in [6.07, 6.45) is 7.63. The average molecular weight is 358 g/mol. The van der Waals surface area contributed by atoms with E-state index in [0.29, 0.717) is 17.7 Å². The van der Waals surface area contributed by atoms with Gasteiger partial charge in [0.05, 0.1) is 22.9 Å². The number of nitrogens with zero attached hydrogens (tertiary/aromatic N) is 4. The van der Waals surface area contributed by atoms with E-state index in [-0.39, 0.29) is 10.6 Å². The zero-order valence-electron chi connectivity index (χ0n) is 14.1. The molecule has 0 amide bonds. The molecule has 1 aliphatic carbocycles. The number of fused-ring (bicyclic) bond motifs is 1. The lowest BCUT2D eigenvalue weighted by Gasteiger charge is -2.33. The van der Waals surface area contributed by atoms with Crippen molar-refractivity contribution in [3.8, 4) is 5.95 Å². The predicted molar refractivity (Wildman–Crippen MR) is 99.8 cm³/mol. The zero-order chi connectivity index (χ0) is 17.4. The Morgan fingerprint density at radius 1 is 1.24 bits per heavy atom. The topological polar surface area (TPSA) is 66.8 Å². The van der Waals surface area contributed by atoms with Crippen LogP contribution in [0.3, 0.4) is 0 Å². The highest BCUT2D eigenvalue weighted by Gasteiger charge is 2.22. The van der Waals surface area contributed by atoms with Crippen LogP contribution in [-0.2, 0) is 0 Å². The van der Waals surface area contributed by atoms with Gasteiger partial charge in [-0.15, -0.1) is 0 Å². The smallest absolute Gasteiger partial charge is 0.295 e. The minimum atomic E-state index is -0.360. The quantitative estimate of drug-likeness (QED) is 0.778. The van der Waals surface area contributed by atoms with Crippen molar-refractivity contribution in [1.82, 2.24) is 19.7 Å². The van der Waals surface area contributed by atoms with Gasteiger partial charge in [0.1, 0.15) is 5.02 Å². The summed E-state index contributed by atoms with van der Waals surface area (Å²) in [5.41, 5.74) is 1.96. The molecule has 0 aliphatic heterocycles. The minimum Gasteiger partial charge on any atom is -0.369 e. The number of H-pyrrole nitrogens is 1. The molecule has 0 saturated heterocycles. The summed E-state index contributed by atoms with van der Waals surface area (Å²) in [6.45, 7) is 0. The Kier molecular flexibility index (Phi) is 4.21. The van der Waals surface area contributed by atoms with Crippen LogP contribution in [0.1, 0.15) is 32.1 Å². The van der Waals surface area contributed by atoms with Gasteiger partial charge in [0.25, 0.3) is 5.56 Å². The van der Waals surface area contributed by atoms with Crippen molar-refractivity contribution < 1.29 is 0 Å². The number of hydrogen-bond donors (Lipinski definition) is 1. The Hall–Kier alpha value is -2.34. The van der Waals surface area contributed by atoms with E-state index in [1.54, 1.807) is 6.20 Å². The van der Waals surface area contributed by atoms with Crippen molar-refractivity contribution in [3.63, 3.8) is 0 Å². The Morgan fingerprint density at radius 3 is 2.76 bits per heavy atom. The van der Waals surface area contributed by atoms with E-state index in [1.807, 2.05) is 31.3 Å². The molecule has 2 aromatic heterocycles. The second-order valence-electron chi connectivity index (χ2n) is 6.54. The lowest BCUT2D eigenvalue weighted by Crippen LogP contribution is -2.35. The molecule has 7 heteroatoms. The molecule has 1 aromatic carbocycles. The molecule has 0 unspecified atom stereocenters. The maximum atomic E-state index is 12.7. The van der Waals surface area contributed by atoms with Crippen LogP contribution in [0.15, 0.2) is 35.3 Å². The monoisotopic (exact) mass is 357 g/mol. The van der Waals surface area contributed by atoms with Crippen LogP contribution in [0.25, 0.3) is 17.0 Å². The van der Waals surface area contributed by atoms with Crippen LogP contribution in [0.4, 0.5) is 5.69 Å². The molecule has 1 saturated carbocycles. The third-order valence-corrected chi connectivity index (χ3v) is 5.34. The molecule has 3 aromatic rings. The molecular weight excluding hydrogens is 338 g/mol. The van der Waals surface area contributed by atoms with Gasteiger partial charge < -0.3 is 9.88 Å². The number of hydrogen-bond acceptors (Lipinski definition) is 4. The van der Waals surface area contributed by atoms with E-state index in [2.05, 4.69) is 20.0 Å². The van der Waals surface area contributed by atoms with E-state index in [1.165, 1.54) is 23.9 Å². The lowest BCUT2D eigenvalue weighted by molar-refractivity contribution is 0.427. The number of aromatic nitrogens is 4. The number of para-hydroxylation sites is 2. The predicted octanol–water partition coefficient (Wildman–Crippen LogP) is 3.53. The van der Waals surface area contributed by atoms with E-state index < -0.39 is 0 Å². The SMILES string of the molecule is CN(c1cnn(-c2nc3ccccc3[nH]2)c(=O)c1Cl)C1CCCCC1. The Balaban J connectivity index is 1.71. The van der Waals surface area contributed by atoms with Crippen molar-refractivity contribution in [3.05, 3.63) is 45.8 Å². The van der Waals surface area contributed by atoms with Gasteiger partial charge in [-0.2, -0.15) is 9.78 Å². The number of nitrogens with one attached hydrogen (secondary N) is 1. The van der Waals surface area contributed by atoms with Crippen molar-refractivity contribution in [2.45, 2.75) is 38.1 Å². The first kappa shape index (κ1) is 16.1. The summed E-state index contributed by atoms with van der Waals surface area (Å²) in [5.74, 6) is 0.375. The van der Waals surface area contributed by atoms with Gasteiger partial charge in [-0.25, -0.2) is 4.98 Å². The molecule has 0 atom stereocenters. The summed E-state index contributed by atoms with van der Waals surface area (Å²) < 4.78 is 1.22. The molecule has 0 radical (unpaired) electrons. The number of imidazole rings is 1. The molecular formula is C18H20ClN5O. The third-order valence-electron chi connectivity index (χ3n) is 4.98. The molecule has 2 heterocycles. The summed E-state index contributed by atoms with van der Waals surface area (Å²) >= 11 is 6.40. The van der Waals surface area contributed by atoms with Crippen LogP contribution in [0, 0.1) is 0 Å². The summed E-state index contributed by atoms with van der Waals surface area (Å²) in [7, 11) is 1.99. The van der Waals surface area contributed by atoms with Gasteiger partial charge in [-0.1, -0.05) is 43.0 Å². The Morgan fingerprint density at radius 2 is 2.00 bits per heavy atom. The van der Waals surface area contributed by atoms with Crippen molar-refractivity contribution in [2.75, 3.05) is 11.9 Å². The second-order valence-corrected chi connectivity index (χ2v) is 6.92. The maximum Gasteiger partial charge on any atom is 0.295 e. The van der Waals surface area contributed by atoms with E-state index in [4.69, 9.17) is 11.6 Å². The summed E-state index contributed by atoms with van der Waals surface area (Å²) in [4.78, 5) is 22.4. The first-order chi connectivity index (χ1) is 12.1. The van der Waals surface area contributed by atoms with E-state index >= 15 is 0 Å². The van der Waals surface area contributed by atoms with Gasteiger partial charge >= 0.3 is 0 Å². The average Bonchev–Trinajstić information content (AvgIpc) is 3.08. The summed E-state index contributed by atoms with van der Waals surface area (Å²) in [5, 5.41) is 4.49. The lowest BCUT2D eigenvalue weighted by atomic mass is 9.94. The van der Waals surface area contributed by atoms with Gasteiger partial charge in [0.15, 0.2) is 0 Å². The largest absolute Gasteiger partial charge is 0.369 e. The fourth-order valence-electron chi connectivity index (χ4n) is 3.53. The van der Waals surface area contributed by atoms with E-state index in [0.717, 1.165) is 23.9 Å². The van der Waals surface area contributed by atoms with Crippen LogP contribution >= 0.6 is 11.6 Å². The second kappa shape index (κ2) is 6.52. The fraction of sp³-hybridized carbons (Fsp3) is 0.389. The number of anilines is 1. The highest BCUT2D eigenvalue weighted by Crippen LogP contribution is 2.28. The zero-order valence-corrected chi connectivity index (χ0v) is 14.8. The molecule has 6 nitrogen and oxygen atoms in total. The normalized spacial score (nSPS) is 15.6. The molecule has 0 bridgehead atoms. The van der Waals surface area contributed by atoms with Crippen LogP contribution in [-0.4, -0.2) is 32.8 Å². The van der Waals surface area contributed by atoms with Crippen molar-refractivity contribution in [1.29, 1.82) is 0 Å². The third kappa shape index (κ3) is 2.91. The molecule has 0 spiro atoms. The molecule has 130 valence electrons. The Bertz CT molecular complexity index is 924. The summed E-state index contributed by atoms with van der Waals surface area (Å²) in [6, 6.07) is 8.01. The van der Waals surface area contributed by atoms with Crippen LogP contribution in [0.5, 0.6) is 0 Å². The molecule has 1 fully saturated rings. The van der Waals surface area contributed by atoms with Gasteiger partial charge in [-0.3, -0.25) is 4.79 Å². The fourth-order valence-corrected chi connectivity index (χ4v) is 3.79. The highest BCUT2D eigenvalue weighted by atomic mass is 35.5. The number of rotatable bonds is 3. The van der Waals surface area contributed by atoms with Crippen molar-refractivity contribution >= 4 is 28.3 Å². The number of halogens is 1. The molecule has 1 aliphatic rings. The Labute approximate surface area is 150 Å². The maximum absolute atomic E-state index is 12.7. The van der Waals surface area contributed by atoms with Gasteiger partial charge in [-0.05, 0) is 25.0 Å².